The summed E-state index contributed by atoms with van der Waals surface area (Å²) < 4.78 is 0. The third kappa shape index (κ3) is 11.4. The van der Waals surface area contributed by atoms with E-state index < -0.39 is 66.4 Å². The van der Waals surface area contributed by atoms with Gasteiger partial charge in [0.15, 0.2) is 5.96 Å². The number of aromatic amines is 1. The average molecular weight is 528 g/mol. The first kappa shape index (κ1) is 30.8. The van der Waals surface area contributed by atoms with Crippen LogP contribution < -0.4 is 33.2 Å². The molecule has 1 aromatic heterocycles. The number of guanidine groups is 1. The molecule has 0 saturated carbocycles. The Bertz CT molecular complexity index is 963. The molecule has 3 amide bonds. The van der Waals surface area contributed by atoms with Crippen molar-refractivity contribution in [3.05, 3.63) is 18.2 Å². The minimum absolute atomic E-state index is 0.0654. The summed E-state index contributed by atoms with van der Waals surface area (Å²) in [5, 5.41) is 34.9. The third-order valence-electron chi connectivity index (χ3n) is 4.97. The zero-order chi connectivity index (χ0) is 28.1. The van der Waals surface area contributed by atoms with Crippen molar-refractivity contribution in [1.29, 1.82) is 0 Å². The molecular formula is C20H33N9O8. The topological polar surface area (TPSA) is 301 Å². The second-order valence-electron chi connectivity index (χ2n) is 8.12. The minimum atomic E-state index is -1.77. The molecule has 0 aliphatic rings. The monoisotopic (exact) mass is 527 g/mol. The van der Waals surface area contributed by atoms with E-state index in [-0.39, 0.29) is 31.8 Å². The summed E-state index contributed by atoms with van der Waals surface area (Å²) in [5.74, 6) is -6.01. The highest BCUT2D eigenvalue weighted by Crippen LogP contribution is 2.05. The smallest absolute Gasteiger partial charge is 0.326 e. The molecule has 1 rings (SSSR count). The number of rotatable bonds is 16. The van der Waals surface area contributed by atoms with Gasteiger partial charge < -0.3 is 53.5 Å². The number of hydrogen-bond donors (Lipinski definition) is 10. The highest BCUT2D eigenvalue weighted by Gasteiger charge is 2.32. The van der Waals surface area contributed by atoms with Gasteiger partial charge in [0, 0.05) is 24.9 Å². The normalized spacial score (nSPS) is 14.8. The maximum Gasteiger partial charge on any atom is 0.326 e. The molecule has 206 valence electrons. The van der Waals surface area contributed by atoms with Crippen LogP contribution >= 0.6 is 0 Å². The van der Waals surface area contributed by atoms with Crippen molar-refractivity contribution >= 4 is 35.6 Å². The number of hydrogen-bond acceptors (Lipinski definition) is 9. The van der Waals surface area contributed by atoms with Gasteiger partial charge in [-0.2, -0.15) is 0 Å². The average Bonchev–Trinajstić information content (AvgIpc) is 3.30. The van der Waals surface area contributed by atoms with Crippen molar-refractivity contribution < 1.29 is 39.3 Å². The van der Waals surface area contributed by atoms with E-state index in [4.69, 9.17) is 22.3 Å². The number of nitrogens with two attached hydrogens (primary N) is 3. The van der Waals surface area contributed by atoms with Crippen LogP contribution in [0.1, 0.15) is 31.9 Å². The molecule has 5 atom stereocenters. The number of carboxylic acid groups (broad SMARTS) is 2. The fourth-order valence-electron chi connectivity index (χ4n) is 3.07. The number of nitrogens with one attached hydrogen (secondary N) is 4. The Kier molecular flexibility index (Phi) is 12.5. The summed E-state index contributed by atoms with van der Waals surface area (Å²) >= 11 is 0. The van der Waals surface area contributed by atoms with Gasteiger partial charge >= 0.3 is 11.9 Å². The maximum absolute atomic E-state index is 12.9. The fraction of sp³-hybridized carbons (Fsp3) is 0.550. The Hall–Kier alpha value is -4.25. The number of H-pyrrole nitrogens is 1. The number of carboxylic acids is 2. The van der Waals surface area contributed by atoms with E-state index in [1.807, 2.05) is 0 Å². The number of aliphatic hydroxyl groups excluding tert-OH is 1. The summed E-state index contributed by atoms with van der Waals surface area (Å²) in [5.41, 5.74) is 16.9. The first-order valence-electron chi connectivity index (χ1n) is 11.1. The number of carbonyl (C=O) groups is 5. The lowest BCUT2D eigenvalue weighted by molar-refractivity contribution is -0.147. The molecule has 37 heavy (non-hydrogen) atoms. The van der Waals surface area contributed by atoms with Gasteiger partial charge in [0.1, 0.15) is 18.1 Å². The van der Waals surface area contributed by atoms with Crippen LogP contribution in [0.5, 0.6) is 0 Å². The number of aliphatic hydroxyl groups is 1. The van der Waals surface area contributed by atoms with Crippen molar-refractivity contribution in [2.45, 2.75) is 62.9 Å². The van der Waals surface area contributed by atoms with Crippen molar-refractivity contribution in [2.75, 3.05) is 6.54 Å². The highest BCUT2D eigenvalue weighted by molar-refractivity contribution is 5.95. The Labute approximate surface area is 211 Å². The van der Waals surface area contributed by atoms with E-state index in [9.17, 15) is 34.2 Å². The van der Waals surface area contributed by atoms with Crippen LogP contribution in [0.2, 0.25) is 0 Å². The predicted molar refractivity (Wildman–Crippen MR) is 128 cm³/mol. The standard InChI is InChI=1S/C20H33N9O8/c1-9(30)15(29-16(33)11(21)5-10-7-24-8-26-10)18(35)27-12(3-2-4-25-20(22)23)17(34)28-13(19(36)37)6-14(31)32/h7-9,11-13,15,30H,2-6,21H2,1H3,(H,24,26)(H,27,35)(H,28,34)(H,29,33)(H,31,32)(H,36,37)(H4,22,23,25). The second-order valence-corrected chi connectivity index (χ2v) is 8.12. The molecule has 0 fully saturated rings. The van der Waals surface area contributed by atoms with Crippen LogP contribution in [0.4, 0.5) is 0 Å². The van der Waals surface area contributed by atoms with E-state index in [0.29, 0.717) is 5.69 Å². The number of aromatic nitrogens is 2. The van der Waals surface area contributed by atoms with Gasteiger partial charge in [-0.1, -0.05) is 0 Å². The quantitative estimate of drug-likeness (QED) is 0.0555. The molecule has 5 unspecified atom stereocenters. The summed E-state index contributed by atoms with van der Waals surface area (Å²) in [6.07, 6.45) is 0.683. The molecule has 0 aliphatic heterocycles. The molecule has 0 aromatic carbocycles. The summed E-state index contributed by atoms with van der Waals surface area (Å²) in [7, 11) is 0. The molecule has 17 heteroatoms. The maximum atomic E-state index is 12.9. The van der Waals surface area contributed by atoms with Gasteiger partial charge in [-0.25, -0.2) is 9.78 Å². The van der Waals surface area contributed by atoms with Crippen LogP contribution in [-0.4, -0.2) is 97.7 Å². The highest BCUT2D eigenvalue weighted by atomic mass is 16.4. The van der Waals surface area contributed by atoms with Crippen LogP contribution in [0.15, 0.2) is 17.5 Å². The van der Waals surface area contributed by atoms with Crippen molar-refractivity contribution in [2.24, 2.45) is 22.2 Å². The van der Waals surface area contributed by atoms with E-state index in [2.05, 4.69) is 30.9 Å². The Morgan fingerprint density at radius 1 is 1.05 bits per heavy atom. The van der Waals surface area contributed by atoms with Gasteiger partial charge in [0.25, 0.3) is 0 Å². The lowest BCUT2D eigenvalue weighted by atomic mass is 10.1. The van der Waals surface area contributed by atoms with Crippen molar-refractivity contribution in [3.63, 3.8) is 0 Å². The first-order chi connectivity index (χ1) is 17.3. The number of carbonyl (C=O) groups excluding carboxylic acids is 3. The zero-order valence-corrected chi connectivity index (χ0v) is 20.1. The first-order valence-corrected chi connectivity index (χ1v) is 11.1. The number of amides is 3. The number of nitrogens with zero attached hydrogens (tertiary/aromatic N) is 2. The zero-order valence-electron chi connectivity index (χ0n) is 20.1. The van der Waals surface area contributed by atoms with E-state index in [1.165, 1.54) is 19.4 Å². The second kappa shape index (κ2) is 15.0. The Balaban J connectivity index is 2.97. The molecule has 0 spiro atoms. The largest absolute Gasteiger partial charge is 0.481 e. The van der Waals surface area contributed by atoms with Gasteiger partial charge in [0.2, 0.25) is 17.7 Å². The SMILES string of the molecule is CC(O)C(NC(=O)C(N)Cc1cnc[nH]1)C(=O)NC(CCCN=C(N)N)C(=O)NC(CC(=O)O)C(=O)O. The van der Waals surface area contributed by atoms with Crippen molar-refractivity contribution in [3.8, 4) is 0 Å². The molecule has 0 bridgehead atoms. The third-order valence-corrected chi connectivity index (χ3v) is 4.97. The molecule has 0 aliphatic carbocycles. The van der Waals surface area contributed by atoms with Gasteiger partial charge in [-0.05, 0) is 19.8 Å². The molecular weight excluding hydrogens is 494 g/mol. The number of aliphatic imine (C=N–C) groups is 1. The summed E-state index contributed by atoms with van der Waals surface area (Å²) in [4.78, 5) is 70.8. The molecule has 1 heterocycles. The van der Waals surface area contributed by atoms with E-state index >= 15 is 0 Å². The predicted octanol–water partition coefficient (Wildman–Crippen LogP) is -4.27. The van der Waals surface area contributed by atoms with Crippen LogP contribution in [0.25, 0.3) is 0 Å². The van der Waals surface area contributed by atoms with Crippen LogP contribution in [0, 0.1) is 0 Å². The molecule has 1 aromatic rings. The van der Waals surface area contributed by atoms with Gasteiger partial charge in [-0.3, -0.25) is 24.2 Å². The van der Waals surface area contributed by atoms with Gasteiger partial charge in [0.05, 0.1) is 24.9 Å². The minimum Gasteiger partial charge on any atom is -0.481 e. The van der Waals surface area contributed by atoms with E-state index in [1.54, 1.807) is 0 Å². The van der Waals surface area contributed by atoms with Crippen LogP contribution in [-0.2, 0) is 30.4 Å². The summed E-state index contributed by atoms with van der Waals surface area (Å²) in [6.45, 7) is 1.30. The van der Waals surface area contributed by atoms with Crippen molar-refractivity contribution in [1.82, 2.24) is 25.9 Å². The Morgan fingerprint density at radius 3 is 2.22 bits per heavy atom. The number of aliphatic carboxylic acids is 2. The number of imidazole rings is 1. The lowest BCUT2D eigenvalue weighted by Crippen LogP contribution is -2.60. The molecule has 0 radical (unpaired) electrons. The van der Waals surface area contributed by atoms with Gasteiger partial charge in [-0.15, -0.1) is 0 Å². The van der Waals surface area contributed by atoms with Crippen LogP contribution in [0.3, 0.4) is 0 Å². The molecule has 17 nitrogen and oxygen atoms in total. The van der Waals surface area contributed by atoms with E-state index in [0.717, 1.165) is 0 Å². The fourth-order valence-corrected chi connectivity index (χ4v) is 3.07. The molecule has 13 N–H and O–H groups in total. The lowest BCUT2D eigenvalue weighted by Gasteiger charge is -2.26. The molecule has 0 saturated heterocycles. The summed E-state index contributed by atoms with van der Waals surface area (Å²) in [6, 6.07) is -5.77. The Morgan fingerprint density at radius 2 is 1.70 bits per heavy atom.